The van der Waals surface area contributed by atoms with Crippen LogP contribution in [0.25, 0.3) is 0 Å². The third-order valence-corrected chi connectivity index (χ3v) is 6.43. The van der Waals surface area contributed by atoms with Crippen LogP contribution in [0.3, 0.4) is 0 Å². The van der Waals surface area contributed by atoms with Crippen LogP contribution in [0, 0.1) is 5.92 Å². The molecule has 5 nitrogen and oxygen atoms in total. The standard InChI is InChI=1S/C13H17ClN2O3S2/c14-21(18,19)8-9-6-13(17)16(7-9)5-4-12-15-10-2-1-3-11(10)20-12/h9H,1-8H2. The van der Waals surface area contributed by atoms with Gasteiger partial charge >= 0.3 is 0 Å². The van der Waals surface area contributed by atoms with Crippen molar-refractivity contribution in [3.63, 3.8) is 0 Å². The highest BCUT2D eigenvalue weighted by Crippen LogP contribution is 2.28. The summed E-state index contributed by atoms with van der Waals surface area (Å²) in [4.78, 5) is 19.6. The second kappa shape index (κ2) is 5.85. The van der Waals surface area contributed by atoms with Crippen molar-refractivity contribution in [2.75, 3.05) is 18.8 Å². The highest BCUT2D eigenvalue weighted by Gasteiger charge is 2.32. The Hall–Kier alpha value is -0.660. The summed E-state index contributed by atoms with van der Waals surface area (Å²) in [6, 6.07) is 0. The first-order valence-electron chi connectivity index (χ1n) is 7.08. The molecule has 1 aromatic heterocycles. The molecule has 0 spiro atoms. The molecule has 1 unspecified atom stereocenters. The number of carbonyl (C=O) groups excluding carboxylic acids is 1. The molecule has 1 aliphatic heterocycles. The van der Waals surface area contributed by atoms with Gasteiger partial charge in [0.25, 0.3) is 0 Å². The van der Waals surface area contributed by atoms with Gasteiger partial charge < -0.3 is 4.90 Å². The van der Waals surface area contributed by atoms with Gasteiger partial charge in [0.15, 0.2) is 0 Å². The smallest absolute Gasteiger partial charge is 0.232 e. The van der Waals surface area contributed by atoms with Gasteiger partial charge in [-0.25, -0.2) is 13.4 Å². The van der Waals surface area contributed by atoms with E-state index in [1.54, 1.807) is 16.2 Å². The molecule has 2 heterocycles. The van der Waals surface area contributed by atoms with Crippen LogP contribution in [-0.4, -0.2) is 43.1 Å². The van der Waals surface area contributed by atoms with Crippen molar-refractivity contribution in [2.24, 2.45) is 5.92 Å². The zero-order valence-electron chi connectivity index (χ0n) is 11.5. The molecular weight excluding hydrogens is 332 g/mol. The molecule has 1 fully saturated rings. The molecule has 8 heteroatoms. The number of nitrogens with zero attached hydrogens (tertiary/aromatic N) is 2. The summed E-state index contributed by atoms with van der Waals surface area (Å²) < 4.78 is 22.2. The van der Waals surface area contributed by atoms with Crippen molar-refractivity contribution in [1.82, 2.24) is 9.88 Å². The summed E-state index contributed by atoms with van der Waals surface area (Å²) >= 11 is 1.75. The van der Waals surface area contributed by atoms with E-state index in [4.69, 9.17) is 10.7 Å². The van der Waals surface area contributed by atoms with Crippen molar-refractivity contribution >= 4 is 37.0 Å². The Balaban J connectivity index is 1.54. The summed E-state index contributed by atoms with van der Waals surface area (Å²) in [5.74, 6) is -0.284. The lowest BCUT2D eigenvalue weighted by Gasteiger charge is -2.15. The third-order valence-electron chi connectivity index (χ3n) is 3.96. The highest BCUT2D eigenvalue weighted by molar-refractivity contribution is 8.13. The Labute approximate surface area is 132 Å². The van der Waals surface area contributed by atoms with Gasteiger partial charge in [-0.15, -0.1) is 11.3 Å². The number of thiazole rings is 1. The lowest BCUT2D eigenvalue weighted by atomic mass is 10.1. The minimum atomic E-state index is -3.54. The Morgan fingerprint density at radius 1 is 1.38 bits per heavy atom. The second-order valence-corrected chi connectivity index (χ2v) is 9.69. The first-order chi connectivity index (χ1) is 9.90. The molecule has 0 aromatic carbocycles. The minimum Gasteiger partial charge on any atom is -0.342 e. The van der Waals surface area contributed by atoms with Crippen molar-refractivity contribution in [1.29, 1.82) is 0 Å². The molecule has 1 aromatic rings. The molecule has 0 radical (unpaired) electrons. The molecule has 1 amide bonds. The maximum Gasteiger partial charge on any atom is 0.232 e. The zero-order chi connectivity index (χ0) is 15.0. The fourth-order valence-electron chi connectivity index (χ4n) is 3.04. The molecule has 3 rings (SSSR count). The normalized spacial score (nSPS) is 22.0. The number of rotatable bonds is 5. The van der Waals surface area contributed by atoms with E-state index < -0.39 is 9.05 Å². The predicted octanol–water partition coefficient (Wildman–Crippen LogP) is 1.59. The first kappa shape index (κ1) is 15.2. The lowest BCUT2D eigenvalue weighted by Crippen LogP contribution is -2.28. The lowest BCUT2D eigenvalue weighted by molar-refractivity contribution is -0.127. The van der Waals surface area contributed by atoms with E-state index in [1.165, 1.54) is 17.0 Å². The largest absolute Gasteiger partial charge is 0.342 e. The van der Waals surface area contributed by atoms with E-state index in [9.17, 15) is 13.2 Å². The molecule has 1 aliphatic carbocycles. The van der Waals surface area contributed by atoms with Gasteiger partial charge in [0.2, 0.25) is 15.0 Å². The Kier molecular flexibility index (Phi) is 4.25. The molecule has 2 aliphatic rings. The van der Waals surface area contributed by atoms with E-state index in [2.05, 4.69) is 4.98 Å². The number of aromatic nitrogens is 1. The quantitative estimate of drug-likeness (QED) is 0.758. The summed E-state index contributed by atoms with van der Waals surface area (Å²) in [7, 11) is 1.72. The number of hydrogen-bond acceptors (Lipinski definition) is 5. The maximum atomic E-state index is 11.9. The van der Waals surface area contributed by atoms with E-state index in [0.717, 1.165) is 24.3 Å². The topological polar surface area (TPSA) is 67.3 Å². The van der Waals surface area contributed by atoms with Crippen molar-refractivity contribution in [3.8, 4) is 0 Å². The summed E-state index contributed by atoms with van der Waals surface area (Å²) in [6.45, 7) is 1.10. The molecule has 0 saturated carbocycles. The van der Waals surface area contributed by atoms with Gasteiger partial charge in [-0.3, -0.25) is 4.79 Å². The Bertz CT molecular complexity index is 635. The van der Waals surface area contributed by atoms with Crippen LogP contribution in [0.1, 0.15) is 28.4 Å². The van der Waals surface area contributed by atoms with Crippen LogP contribution in [0.2, 0.25) is 0 Å². The molecule has 1 saturated heterocycles. The number of fused-ring (bicyclic) bond motifs is 1. The highest BCUT2D eigenvalue weighted by atomic mass is 35.7. The SMILES string of the molecule is O=C1CC(CS(=O)(=O)Cl)CN1CCc1nc2c(s1)CCC2. The van der Waals surface area contributed by atoms with Gasteiger partial charge in [0.1, 0.15) is 0 Å². The second-order valence-electron chi connectivity index (χ2n) is 5.70. The third kappa shape index (κ3) is 3.76. The summed E-state index contributed by atoms with van der Waals surface area (Å²) in [5.41, 5.74) is 1.23. The van der Waals surface area contributed by atoms with Crippen LogP contribution in [-0.2, 0) is 33.1 Å². The number of amides is 1. The molecule has 116 valence electrons. The average molecular weight is 349 g/mol. The summed E-state index contributed by atoms with van der Waals surface area (Å²) in [6.07, 6.45) is 4.44. The van der Waals surface area contributed by atoms with Gasteiger partial charge in [0, 0.05) is 47.4 Å². The number of halogens is 1. The van der Waals surface area contributed by atoms with Crippen molar-refractivity contribution < 1.29 is 13.2 Å². The molecule has 21 heavy (non-hydrogen) atoms. The van der Waals surface area contributed by atoms with Crippen LogP contribution in [0.15, 0.2) is 0 Å². The van der Waals surface area contributed by atoms with Gasteiger partial charge in [-0.1, -0.05) is 0 Å². The number of hydrogen-bond donors (Lipinski definition) is 0. The molecule has 0 N–H and O–H groups in total. The average Bonchev–Trinajstić information content (AvgIpc) is 2.99. The van der Waals surface area contributed by atoms with Crippen molar-refractivity contribution in [2.45, 2.75) is 32.1 Å². The fraction of sp³-hybridized carbons (Fsp3) is 0.692. The van der Waals surface area contributed by atoms with Gasteiger partial charge in [-0.2, -0.15) is 0 Å². The molecule has 0 bridgehead atoms. The fourth-order valence-corrected chi connectivity index (χ4v) is 5.51. The molecule has 1 atom stereocenters. The predicted molar refractivity (Wildman–Crippen MR) is 82.2 cm³/mol. The first-order valence-corrected chi connectivity index (χ1v) is 10.4. The van der Waals surface area contributed by atoms with E-state index in [0.29, 0.717) is 13.1 Å². The Morgan fingerprint density at radius 2 is 2.19 bits per heavy atom. The van der Waals surface area contributed by atoms with Crippen LogP contribution in [0.5, 0.6) is 0 Å². The monoisotopic (exact) mass is 348 g/mol. The maximum absolute atomic E-state index is 11.9. The van der Waals surface area contributed by atoms with E-state index >= 15 is 0 Å². The van der Waals surface area contributed by atoms with Crippen LogP contribution < -0.4 is 0 Å². The van der Waals surface area contributed by atoms with Gasteiger partial charge in [-0.05, 0) is 19.3 Å². The van der Waals surface area contributed by atoms with E-state index in [-0.39, 0.29) is 24.0 Å². The number of aryl methyl sites for hydroxylation is 2. The number of likely N-dealkylation sites (tertiary alicyclic amines) is 1. The minimum absolute atomic E-state index is 0.0180. The van der Waals surface area contributed by atoms with Crippen LogP contribution >= 0.6 is 22.0 Å². The Morgan fingerprint density at radius 3 is 2.90 bits per heavy atom. The number of carbonyl (C=O) groups is 1. The van der Waals surface area contributed by atoms with Crippen molar-refractivity contribution in [3.05, 3.63) is 15.6 Å². The van der Waals surface area contributed by atoms with Crippen LogP contribution in [0.4, 0.5) is 0 Å². The van der Waals surface area contributed by atoms with E-state index in [1.807, 2.05) is 0 Å². The molecular formula is C13H17ClN2O3S2. The van der Waals surface area contributed by atoms with Gasteiger partial charge in [0.05, 0.1) is 16.5 Å². The zero-order valence-corrected chi connectivity index (χ0v) is 13.9. The summed E-state index contributed by atoms with van der Waals surface area (Å²) in [5, 5.41) is 1.08.